The Morgan fingerprint density at radius 2 is 1.78 bits per heavy atom. The van der Waals surface area contributed by atoms with Gasteiger partial charge in [0.05, 0.1) is 18.5 Å². The number of benzene rings is 2. The average molecular weight is 360 g/mol. The number of ether oxygens (including phenoxy) is 1. The molecular weight excluding hydrogens is 336 g/mol. The molecule has 0 unspecified atom stereocenters. The smallest absolute Gasteiger partial charge is 0.119 e. The fraction of sp³-hybridized carbons (Fsp3) is 0.318. The maximum absolute atomic E-state index is 5.26. The number of piperazine rings is 1. The summed E-state index contributed by atoms with van der Waals surface area (Å²) in [5.41, 5.74) is 7.77. The van der Waals surface area contributed by atoms with Crippen LogP contribution in [0.3, 0.4) is 0 Å². The Morgan fingerprint density at radius 3 is 2.56 bits per heavy atom. The molecule has 2 heterocycles. The number of anilines is 1. The summed E-state index contributed by atoms with van der Waals surface area (Å²) >= 11 is 0. The molecule has 0 radical (unpaired) electrons. The Labute approximate surface area is 159 Å². The van der Waals surface area contributed by atoms with Gasteiger partial charge in [-0.05, 0) is 29.8 Å². The van der Waals surface area contributed by atoms with Crippen molar-refractivity contribution in [1.82, 2.24) is 15.1 Å². The molecule has 1 N–H and O–H groups in total. The van der Waals surface area contributed by atoms with Gasteiger partial charge in [-0.1, -0.05) is 24.3 Å². The van der Waals surface area contributed by atoms with Gasteiger partial charge in [0.2, 0.25) is 0 Å². The third kappa shape index (κ3) is 2.98. The number of H-pyrrole nitrogens is 1. The van der Waals surface area contributed by atoms with Crippen molar-refractivity contribution in [3.05, 3.63) is 65.4 Å². The van der Waals surface area contributed by atoms with Crippen LogP contribution >= 0.6 is 0 Å². The van der Waals surface area contributed by atoms with E-state index in [9.17, 15) is 0 Å². The van der Waals surface area contributed by atoms with Crippen molar-refractivity contribution in [1.29, 1.82) is 0 Å². The molecule has 3 aromatic rings. The highest BCUT2D eigenvalue weighted by molar-refractivity contribution is 5.74. The Bertz CT molecular complexity index is 939. The topological polar surface area (TPSA) is 44.4 Å². The van der Waals surface area contributed by atoms with Crippen LogP contribution in [-0.2, 0) is 13.0 Å². The standard InChI is InChI=1S/C22H24N4O/c1-27-18-8-6-17(7-9-18)26-12-10-25(11-13-26)15-21-20-14-16-4-2-3-5-19(16)22(20)24-23-21/h2-9H,10-15H2,1H3,(H,23,24). The van der Waals surface area contributed by atoms with Crippen LogP contribution in [0.15, 0.2) is 48.5 Å². The van der Waals surface area contributed by atoms with Crippen molar-refractivity contribution in [2.24, 2.45) is 0 Å². The van der Waals surface area contributed by atoms with E-state index in [1.165, 1.54) is 28.1 Å². The second kappa shape index (κ2) is 6.74. The van der Waals surface area contributed by atoms with Crippen LogP contribution in [0.4, 0.5) is 5.69 Å². The highest BCUT2D eigenvalue weighted by atomic mass is 16.5. The molecule has 2 aliphatic rings. The fourth-order valence-electron chi connectivity index (χ4n) is 4.22. The van der Waals surface area contributed by atoms with Crippen LogP contribution in [0, 0.1) is 0 Å². The van der Waals surface area contributed by atoms with Gasteiger partial charge in [-0.2, -0.15) is 5.10 Å². The lowest BCUT2D eigenvalue weighted by atomic mass is 10.1. The summed E-state index contributed by atoms with van der Waals surface area (Å²) in [5, 5.41) is 7.91. The molecule has 1 saturated heterocycles. The molecule has 0 bridgehead atoms. The van der Waals surface area contributed by atoms with E-state index >= 15 is 0 Å². The first-order valence-corrected chi connectivity index (χ1v) is 9.57. The predicted octanol–water partition coefficient (Wildman–Crippen LogP) is 3.31. The minimum Gasteiger partial charge on any atom is -0.497 e. The first-order valence-electron chi connectivity index (χ1n) is 9.57. The second-order valence-corrected chi connectivity index (χ2v) is 7.32. The van der Waals surface area contributed by atoms with E-state index < -0.39 is 0 Å². The summed E-state index contributed by atoms with van der Waals surface area (Å²) < 4.78 is 5.26. The van der Waals surface area contributed by atoms with Gasteiger partial charge in [-0.3, -0.25) is 10.00 Å². The number of hydrogen-bond donors (Lipinski definition) is 1. The van der Waals surface area contributed by atoms with Crippen LogP contribution in [-0.4, -0.2) is 48.4 Å². The molecule has 1 aliphatic heterocycles. The van der Waals surface area contributed by atoms with E-state index in [1.54, 1.807) is 7.11 Å². The maximum atomic E-state index is 5.26. The summed E-state index contributed by atoms with van der Waals surface area (Å²) in [6, 6.07) is 17.0. The molecule has 1 aromatic heterocycles. The zero-order chi connectivity index (χ0) is 18.2. The van der Waals surface area contributed by atoms with Crippen LogP contribution in [0.1, 0.15) is 16.8 Å². The zero-order valence-corrected chi connectivity index (χ0v) is 15.6. The van der Waals surface area contributed by atoms with Crippen molar-refractivity contribution < 1.29 is 4.74 Å². The third-order valence-electron chi connectivity index (χ3n) is 5.78. The number of rotatable bonds is 4. The van der Waals surface area contributed by atoms with Gasteiger partial charge < -0.3 is 9.64 Å². The van der Waals surface area contributed by atoms with Crippen LogP contribution in [0.2, 0.25) is 0 Å². The van der Waals surface area contributed by atoms with Crippen LogP contribution in [0.5, 0.6) is 5.75 Å². The monoisotopic (exact) mass is 360 g/mol. The number of nitrogens with zero attached hydrogens (tertiary/aromatic N) is 3. The molecule has 1 fully saturated rings. The fourth-order valence-corrected chi connectivity index (χ4v) is 4.22. The van der Waals surface area contributed by atoms with Crippen molar-refractivity contribution >= 4 is 5.69 Å². The van der Waals surface area contributed by atoms with Crippen molar-refractivity contribution in [3.8, 4) is 17.0 Å². The van der Waals surface area contributed by atoms with E-state index in [-0.39, 0.29) is 0 Å². The molecule has 27 heavy (non-hydrogen) atoms. The Kier molecular flexibility index (Phi) is 4.09. The Hall–Kier alpha value is -2.79. The lowest BCUT2D eigenvalue weighted by molar-refractivity contribution is 0.246. The molecule has 138 valence electrons. The van der Waals surface area contributed by atoms with Gasteiger partial charge in [0, 0.05) is 56.0 Å². The average Bonchev–Trinajstić information content (AvgIpc) is 3.29. The number of aromatic nitrogens is 2. The minimum absolute atomic E-state index is 0.909. The van der Waals surface area contributed by atoms with Crippen molar-refractivity contribution in [2.45, 2.75) is 13.0 Å². The molecule has 0 atom stereocenters. The quantitative estimate of drug-likeness (QED) is 0.606. The molecular formula is C22H24N4O. The molecule has 0 saturated carbocycles. The highest BCUT2D eigenvalue weighted by Crippen LogP contribution is 2.36. The van der Waals surface area contributed by atoms with Crippen molar-refractivity contribution in [2.75, 3.05) is 38.2 Å². The summed E-state index contributed by atoms with van der Waals surface area (Å²) in [6.45, 7) is 5.16. The van der Waals surface area contributed by atoms with E-state index in [0.29, 0.717) is 0 Å². The van der Waals surface area contributed by atoms with Gasteiger partial charge in [-0.25, -0.2) is 0 Å². The number of fused-ring (bicyclic) bond motifs is 3. The highest BCUT2D eigenvalue weighted by Gasteiger charge is 2.26. The normalized spacial score (nSPS) is 16.3. The first kappa shape index (κ1) is 16.4. The molecule has 1 aliphatic carbocycles. The molecule has 5 nitrogen and oxygen atoms in total. The predicted molar refractivity (Wildman–Crippen MR) is 107 cm³/mol. The Balaban J connectivity index is 1.23. The van der Waals surface area contributed by atoms with E-state index in [4.69, 9.17) is 4.74 Å². The summed E-state index contributed by atoms with van der Waals surface area (Å²) in [4.78, 5) is 4.97. The van der Waals surface area contributed by atoms with Crippen LogP contribution < -0.4 is 9.64 Å². The lowest BCUT2D eigenvalue weighted by Gasteiger charge is -2.36. The molecule has 2 aromatic carbocycles. The summed E-state index contributed by atoms with van der Waals surface area (Å²) in [7, 11) is 1.71. The number of hydrogen-bond acceptors (Lipinski definition) is 4. The minimum atomic E-state index is 0.909. The SMILES string of the molecule is COc1ccc(N2CCN(Cc3[nH]nc4c3Cc3ccccc3-4)CC2)cc1. The number of methoxy groups -OCH3 is 1. The largest absolute Gasteiger partial charge is 0.497 e. The van der Waals surface area contributed by atoms with Gasteiger partial charge in [0.15, 0.2) is 0 Å². The van der Waals surface area contributed by atoms with Gasteiger partial charge in [0.25, 0.3) is 0 Å². The molecule has 0 spiro atoms. The molecule has 5 rings (SSSR count). The van der Waals surface area contributed by atoms with Gasteiger partial charge in [0.1, 0.15) is 5.75 Å². The first-order chi connectivity index (χ1) is 13.3. The van der Waals surface area contributed by atoms with E-state index in [0.717, 1.165) is 50.6 Å². The van der Waals surface area contributed by atoms with Crippen molar-refractivity contribution in [3.63, 3.8) is 0 Å². The number of aromatic amines is 1. The van der Waals surface area contributed by atoms with Gasteiger partial charge >= 0.3 is 0 Å². The van der Waals surface area contributed by atoms with Crippen LogP contribution in [0.25, 0.3) is 11.3 Å². The van der Waals surface area contributed by atoms with Gasteiger partial charge in [-0.15, -0.1) is 0 Å². The Morgan fingerprint density at radius 1 is 1.00 bits per heavy atom. The number of nitrogens with one attached hydrogen (secondary N) is 1. The molecule has 5 heteroatoms. The van der Waals surface area contributed by atoms with E-state index in [1.807, 2.05) is 12.1 Å². The third-order valence-corrected chi connectivity index (χ3v) is 5.78. The van der Waals surface area contributed by atoms with E-state index in [2.05, 4.69) is 56.4 Å². The molecule has 0 amide bonds. The summed E-state index contributed by atoms with van der Waals surface area (Å²) in [5.74, 6) is 0.909. The summed E-state index contributed by atoms with van der Waals surface area (Å²) in [6.07, 6.45) is 1.00. The zero-order valence-electron chi connectivity index (χ0n) is 15.6. The maximum Gasteiger partial charge on any atom is 0.119 e. The lowest BCUT2D eigenvalue weighted by Crippen LogP contribution is -2.46. The second-order valence-electron chi connectivity index (χ2n) is 7.32.